The van der Waals surface area contributed by atoms with Crippen LogP contribution in [0.15, 0.2) is 36.4 Å². The van der Waals surface area contributed by atoms with Gasteiger partial charge < -0.3 is 20.1 Å². The molecule has 3 aromatic rings. The van der Waals surface area contributed by atoms with Crippen molar-refractivity contribution in [2.45, 2.75) is 33.1 Å². The molecule has 2 saturated heterocycles. The van der Waals surface area contributed by atoms with E-state index < -0.39 is 17.5 Å². The maximum atomic E-state index is 14.5. The van der Waals surface area contributed by atoms with Crippen LogP contribution in [-0.4, -0.2) is 47.9 Å². The molecule has 2 N–H and O–H groups in total. The average molecular weight is 467 g/mol. The van der Waals surface area contributed by atoms with E-state index in [0.717, 1.165) is 56.7 Å². The van der Waals surface area contributed by atoms with Gasteiger partial charge in [0.05, 0.1) is 5.52 Å². The second kappa shape index (κ2) is 8.42. The minimum Gasteiger partial charge on any atom is -0.371 e. The molecule has 0 unspecified atom stereocenters. The number of aromatic nitrogens is 1. The van der Waals surface area contributed by atoms with Gasteiger partial charge in [-0.05, 0) is 67.5 Å². The zero-order chi connectivity index (χ0) is 24.0. The van der Waals surface area contributed by atoms with E-state index in [0.29, 0.717) is 16.6 Å². The molecular weight excluding hydrogens is 438 g/mol. The van der Waals surface area contributed by atoms with Crippen molar-refractivity contribution in [3.05, 3.63) is 59.3 Å². The van der Waals surface area contributed by atoms with Gasteiger partial charge in [-0.15, -0.1) is 0 Å². The van der Waals surface area contributed by atoms with Gasteiger partial charge in [0, 0.05) is 49.9 Å². The van der Waals surface area contributed by atoms with Crippen LogP contribution in [0, 0.1) is 24.0 Å². The summed E-state index contributed by atoms with van der Waals surface area (Å²) in [5.74, 6) is -1.18. The minimum atomic E-state index is -0.457. The van der Waals surface area contributed by atoms with E-state index in [1.807, 2.05) is 11.8 Å². The lowest BCUT2D eigenvalue weighted by Gasteiger charge is -2.39. The van der Waals surface area contributed by atoms with Crippen molar-refractivity contribution in [3.8, 4) is 0 Å². The molecule has 0 atom stereocenters. The number of carbonyl (C=O) groups excluding carboxylic acids is 2. The van der Waals surface area contributed by atoms with E-state index in [1.165, 1.54) is 24.3 Å². The van der Waals surface area contributed by atoms with Crippen LogP contribution in [0.3, 0.4) is 0 Å². The van der Waals surface area contributed by atoms with E-state index >= 15 is 0 Å². The van der Waals surface area contributed by atoms with Gasteiger partial charge in [-0.2, -0.15) is 0 Å². The van der Waals surface area contributed by atoms with Crippen LogP contribution in [0.4, 0.5) is 20.2 Å². The Labute approximate surface area is 196 Å². The third-order valence-electron chi connectivity index (χ3n) is 7.41. The minimum absolute atomic E-state index is 0.114. The number of nitrogens with zero attached hydrogens (tertiary/aromatic N) is 2. The summed E-state index contributed by atoms with van der Waals surface area (Å²) in [4.78, 5) is 31.5. The van der Waals surface area contributed by atoms with Gasteiger partial charge in [0.1, 0.15) is 17.3 Å². The second-order valence-electron chi connectivity index (χ2n) is 9.67. The number of halogens is 2. The van der Waals surface area contributed by atoms with Crippen LogP contribution in [0.25, 0.3) is 10.9 Å². The summed E-state index contributed by atoms with van der Waals surface area (Å²) in [6, 6.07) is 9.05. The van der Waals surface area contributed by atoms with Crippen LogP contribution in [-0.2, 0) is 4.79 Å². The standard InChI is InChI=1S/C26H28F2N4O2/c1-16-3-4-22(28)21-14-23(30-24(16)21)25(34)29-19-11-18(27)12-20(13-19)32-10-7-26(15-32)5-8-31(9-6-26)17(2)33/h3-4,11-14,30H,5-10,15H2,1-2H3,(H,29,34). The smallest absolute Gasteiger partial charge is 0.272 e. The summed E-state index contributed by atoms with van der Waals surface area (Å²) in [6.07, 6.45) is 2.88. The number of benzene rings is 2. The van der Waals surface area contributed by atoms with Crippen LogP contribution in [0.1, 0.15) is 42.2 Å². The maximum absolute atomic E-state index is 14.5. The van der Waals surface area contributed by atoms with Gasteiger partial charge in [0.15, 0.2) is 0 Å². The molecule has 0 radical (unpaired) electrons. The predicted octanol–water partition coefficient (Wildman–Crippen LogP) is 4.85. The maximum Gasteiger partial charge on any atom is 0.272 e. The van der Waals surface area contributed by atoms with Gasteiger partial charge in [0.2, 0.25) is 5.91 Å². The molecule has 3 heterocycles. The van der Waals surface area contributed by atoms with E-state index in [2.05, 4.69) is 15.2 Å². The Bertz CT molecular complexity index is 1240. The predicted molar refractivity (Wildman–Crippen MR) is 128 cm³/mol. The first-order valence-electron chi connectivity index (χ1n) is 11.6. The molecule has 1 aromatic heterocycles. The lowest BCUT2D eigenvalue weighted by Crippen LogP contribution is -2.43. The van der Waals surface area contributed by atoms with Crippen molar-refractivity contribution in [1.82, 2.24) is 9.88 Å². The lowest BCUT2D eigenvalue weighted by molar-refractivity contribution is -0.130. The van der Waals surface area contributed by atoms with Crippen LogP contribution in [0.5, 0.6) is 0 Å². The molecule has 2 aromatic carbocycles. The molecule has 5 rings (SSSR count). The first kappa shape index (κ1) is 22.4. The summed E-state index contributed by atoms with van der Waals surface area (Å²) >= 11 is 0. The molecule has 0 aliphatic carbocycles. The fraction of sp³-hybridized carbons (Fsp3) is 0.385. The first-order valence-corrected chi connectivity index (χ1v) is 11.6. The van der Waals surface area contributed by atoms with Gasteiger partial charge in [-0.25, -0.2) is 8.78 Å². The summed E-state index contributed by atoms with van der Waals surface area (Å²) in [5.41, 5.74) is 2.83. The number of aryl methyl sites for hydroxylation is 1. The molecule has 0 bridgehead atoms. The van der Waals surface area contributed by atoms with Crippen molar-refractivity contribution < 1.29 is 18.4 Å². The number of H-pyrrole nitrogens is 1. The SMILES string of the molecule is CC(=O)N1CCC2(CC1)CCN(c1cc(F)cc(NC(=O)c3cc4c(F)ccc(C)c4[nH]3)c1)C2. The number of carbonyl (C=O) groups is 2. The highest BCUT2D eigenvalue weighted by Gasteiger charge is 2.41. The van der Waals surface area contributed by atoms with E-state index in [4.69, 9.17) is 0 Å². The Balaban J connectivity index is 1.32. The largest absolute Gasteiger partial charge is 0.371 e. The number of hydrogen-bond acceptors (Lipinski definition) is 3. The number of nitrogens with one attached hydrogen (secondary N) is 2. The van der Waals surface area contributed by atoms with E-state index in [1.54, 1.807) is 19.1 Å². The number of rotatable bonds is 3. The zero-order valence-corrected chi connectivity index (χ0v) is 19.4. The van der Waals surface area contributed by atoms with Crippen LogP contribution in [0.2, 0.25) is 0 Å². The highest BCUT2D eigenvalue weighted by molar-refractivity contribution is 6.06. The second-order valence-corrected chi connectivity index (χ2v) is 9.67. The summed E-state index contributed by atoms with van der Waals surface area (Å²) in [5, 5.41) is 3.10. The van der Waals surface area contributed by atoms with Crippen LogP contribution < -0.4 is 10.2 Å². The van der Waals surface area contributed by atoms with E-state index in [9.17, 15) is 18.4 Å². The Morgan fingerprint density at radius 3 is 2.47 bits per heavy atom. The van der Waals surface area contributed by atoms with Gasteiger partial charge in [-0.1, -0.05) is 6.07 Å². The van der Waals surface area contributed by atoms with Crippen molar-refractivity contribution >= 4 is 34.1 Å². The number of anilines is 2. The molecule has 6 nitrogen and oxygen atoms in total. The fourth-order valence-corrected chi connectivity index (χ4v) is 5.33. The first-order chi connectivity index (χ1) is 16.2. The molecule has 34 heavy (non-hydrogen) atoms. The third kappa shape index (κ3) is 4.13. The van der Waals surface area contributed by atoms with Gasteiger partial charge >= 0.3 is 0 Å². The van der Waals surface area contributed by atoms with Crippen molar-refractivity contribution in [1.29, 1.82) is 0 Å². The highest BCUT2D eigenvalue weighted by atomic mass is 19.1. The van der Waals surface area contributed by atoms with Gasteiger partial charge in [-0.3, -0.25) is 9.59 Å². The normalized spacial score (nSPS) is 17.5. The number of aromatic amines is 1. The average Bonchev–Trinajstić information content (AvgIpc) is 3.43. The van der Waals surface area contributed by atoms with Crippen molar-refractivity contribution in [2.75, 3.05) is 36.4 Å². The molecule has 2 amide bonds. The van der Waals surface area contributed by atoms with Crippen molar-refractivity contribution in [2.24, 2.45) is 5.41 Å². The topological polar surface area (TPSA) is 68.4 Å². The Kier molecular flexibility index (Phi) is 5.54. The lowest BCUT2D eigenvalue weighted by atomic mass is 9.78. The summed E-state index contributed by atoms with van der Waals surface area (Å²) < 4.78 is 28.6. The molecule has 2 aliphatic heterocycles. The fourth-order valence-electron chi connectivity index (χ4n) is 5.33. The quantitative estimate of drug-likeness (QED) is 0.580. The third-order valence-corrected chi connectivity index (χ3v) is 7.41. The summed E-state index contributed by atoms with van der Waals surface area (Å²) in [7, 11) is 0. The van der Waals surface area contributed by atoms with Crippen molar-refractivity contribution in [3.63, 3.8) is 0 Å². The number of hydrogen-bond donors (Lipinski definition) is 2. The molecule has 2 fully saturated rings. The van der Waals surface area contributed by atoms with E-state index in [-0.39, 0.29) is 17.0 Å². The monoisotopic (exact) mass is 466 g/mol. The zero-order valence-electron chi connectivity index (χ0n) is 19.4. The number of fused-ring (bicyclic) bond motifs is 1. The number of amides is 2. The highest BCUT2D eigenvalue weighted by Crippen LogP contribution is 2.42. The summed E-state index contributed by atoms with van der Waals surface area (Å²) in [6.45, 7) is 6.57. The Morgan fingerprint density at radius 1 is 1.03 bits per heavy atom. The molecule has 1 spiro atoms. The molecule has 0 saturated carbocycles. The Morgan fingerprint density at radius 2 is 1.76 bits per heavy atom. The molecular formula is C26H28F2N4O2. The van der Waals surface area contributed by atoms with Gasteiger partial charge in [0.25, 0.3) is 5.91 Å². The molecule has 178 valence electrons. The van der Waals surface area contributed by atoms with Crippen LogP contribution >= 0.6 is 0 Å². The Hall–Kier alpha value is -3.42. The molecule has 2 aliphatic rings. The number of piperidine rings is 1. The number of likely N-dealkylation sites (tertiary alicyclic amines) is 1. The molecule has 8 heteroatoms.